The quantitative estimate of drug-likeness (QED) is 0.861. The molecule has 2 aromatic rings. The molecule has 0 saturated heterocycles. The molecule has 7 nitrogen and oxygen atoms in total. The lowest BCUT2D eigenvalue weighted by Gasteiger charge is -2.11. The van der Waals surface area contributed by atoms with Gasteiger partial charge in [-0.1, -0.05) is 30.0 Å². The lowest BCUT2D eigenvalue weighted by Crippen LogP contribution is -2.09. The van der Waals surface area contributed by atoms with Gasteiger partial charge in [-0.05, 0) is 23.3 Å². The summed E-state index contributed by atoms with van der Waals surface area (Å²) < 4.78 is 1.62. The minimum Gasteiger partial charge on any atom is -0.288 e. The van der Waals surface area contributed by atoms with Gasteiger partial charge in [0, 0.05) is 7.05 Å². The van der Waals surface area contributed by atoms with Crippen LogP contribution in [0.4, 0.5) is 0 Å². The number of hydrogen-bond donors (Lipinski definition) is 0. The second-order valence-electron chi connectivity index (χ2n) is 4.78. The maximum atomic E-state index is 8.94. The molecule has 0 saturated carbocycles. The zero-order chi connectivity index (χ0) is 16.2. The minimum absolute atomic E-state index is 0.238. The number of aliphatic imine (C=N–C) groups is 1. The first-order valence-electron chi connectivity index (χ1n) is 6.90. The van der Waals surface area contributed by atoms with Crippen molar-refractivity contribution >= 4 is 17.0 Å². The van der Waals surface area contributed by atoms with Crippen LogP contribution in [-0.2, 0) is 6.54 Å². The molecule has 0 unspecified atom stereocenters. The summed E-state index contributed by atoms with van der Waals surface area (Å²) in [7, 11) is 1.75. The Balaban J connectivity index is 1.96. The summed E-state index contributed by atoms with van der Waals surface area (Å²) >= 11 is 0. The molecule has 0 atom stereocenters. The van der Waals surface area contributed by atoms with Crippen molar-refractivity contribution in [1.82, 2.24) is 25.0 Å². The Morgan fingerprint density at radius 1 is 1.43 bits per heavy atom. The Morgan fingerprint density at radius 2 is 2.30 bits per heavy atom. The van der Waals surface area contributed by atoms with E-state index in [-0.39, 0.29) is 5.69 Å². The van der Waals surface area contributed by atoms with Crippen molar-refractivity contribution in [3.8, 4) is 6.07 Å². The molecule has 1 aliphatic carbocycles. The van der Waals surface area contributed by atoms with Crippen LogP contribution in [0.3, 0.4) is 0 Å². The number of fused-ring (bicyclic) bond motifs is 1. The molecule has 0 aliphatic heterocycles. The molecule has 23 heavy (non-hydrogen) atoms. The minimum atomic E-state index is 0.238. The lowest BCUT2D eigenvalue weighted by atomic mass is 9.99. The van der Waals surface area contributed by atoms with Gasteiger partial charge in [-0.25, -0.2) is 14.6 Å². The number of nitrogens with zero attached hydrogens (tertiary/aromatic N) is 7. The van der Waals surface area contributed by atoms with E-state index < -0.39 is 0 Å². The molecule has 7 heteroatoms. The molecule has 3 rings (SSSR count). The average molecular weight is 303 g/mol. The van der Waals surface area contributed by atoms with Crippen LogP contribution in [0.25, 0.3) is 11.3 Å². The first kappa shape index (κ1) is 14.5. The first-order valence-corrected chi connectivity index (χ1v) is 6.90. The number of rotatable bonds is 3. The first-order chi connectivity index (χ1) is 11.2. The summed E-state index contributed by atoms with van der Waals surface area (Å²) in [6.07, 6.45) is 10.9. The predicted octanol–water partition coefficient (Wildman–Crippen LogP) is 1.77. The van der Waals surface area contributed by atoms with Crippen LogP contribution in [0.5, 0.6) is 0 Å². The Kier molecular flexibility index (Phi) is 3.89. The monoisotopic (exact) mass is 303 g/mol. The zero-order valence-corrected chi connectivity index (χ0v) is 12.5. The topological polar surface area (TPSA) is 92.6 Å². The van der Waals surface area contributed by atoms with Crippen molar-refractivity contribution < 1.29 is 0 Å². The summed E-state index contributed by atoms with van der Waals surface area (Å²) in [6, 6.07) is 1.97. The molecule has 112 valence electrons. The summed E-state index contributed by atoms with van der Waals surface area (Å²) in [5.74, 6) is 0. The van der Waals surface area contributed by atoms with Gasteiger partial charge in [-0.2, -0.15) is 5.26 Å². The fraction of sp³-hybridized carbons (Fsp3) is 0.125. The third-order valence-corrected chi connectivity index (χ3v) is 3.30. The summed E-state index contributed by atoms with van der Waals surface area (Å²) in [6.45, 7) is 4.20. The second kappa shape index (κ2) is 6.15. The molecule has 0 N–H and O–H groups in total. The van der Waals surface area contributed by atoms with Crippen LogP contribution in [0.1, 0.15) is 5.69 Å². The molecule has 0 bridgehead atoms. The van der Waals surface area contributed by atoms with E-state index in [4.69, 9.17) is 5.26 Å². The van der Waals surface area contributed by atoms with Crippen molar-refractivity contribution in [2.24, 2.45) is 4.99 Å². The van der Waals surface area contributed by atoms with E-state index in [9.17, 15) is 0 Å². The van der Waals surface area contributed by atoms with Crippen molar-refractivity contribution in [3.63, 3.8) is 0 Å². The highest BCUT2D eigenvalue weighted by Gasteiger charge is 2.12. The van der Waals surface area contributed by atoms with E-state index in [0.29, 0.717) is 17.8 Å². The Labute approximate surface area is 132 Å². The van der Waals surface area contributed by atoms with Gasteiger partial charge in [0.1, 0.15) is 6.07 Å². The number of allylic oxidation sites excluding steroid dienone is 7. The Morgan fingerprint density at radius 3 is 3.04 bits per heavy atom. The van der Waals surface area contributed by atoms with Crippen LogP contribution >= 0.6 is 0 Å². The summed E-state index contributed by atoms with van der Waals surface area (Å²) in [5.41, 5.74) is 4.03. The van der Waals surface area contributed by atoms with Gasteiger partial charge in [-0.3, -0.25) is 4.99 Å². The van der Waals surface area contributed by atoms with E-state index in [1.54, 1.807) is 17.8 Å². The molecule has 0 spiro atoms. The SMILES string of the molecule is C=C/C=C1/C=C(Cn2nnc3ncc(C#N)nc32)C=CC1=NC. The highest BCUT2D eigenvalue weighted by atomic mass is 15.4. The third-order valence-electron chi connectivity index (χ3n) is 3.30. The van der Waals surface area contributed by atoms with Gasteiger partial charge in [0.15, 0.2) is 11.3 Å². The largest absolute Gasteiger partial charge is 0.288 e. The van der Waals surface area contributed by atoms with Crippen molar-refractivity contribution in [1.29, 1.82) is 5.26 Å². The van der Waals surface area contributed by atoms with Crippen molar-refractivity contribution in [2.75, 3.05) is 7.05 Å². The van der Waals surface area contributed by atoms with Gasteiger partial charge in [0.05, 0.1) is 18.5 Å². The van der Waals surface area contributed by atoms with E-state index >= 15 is 0 Å². The van der Waals surface area contributed by atoms with Crippen molar-refractivity contribution in [3.05, 3.63) is 60.0 Å². The van der Waals surface area contributed by atoms with Crippen LogP contribution in [0.2, 0.25) is 0 Å². The van der Waals surface area contributed by atoms with E-state index in [2.05, 4.69) is 31.9 Å². The normalized spacial score (nSPS) is 17.5. The average Bonchev–Trinajstić information content (AvgIpc) is 2.97. The second-order valence-corrected chi connectivity index (χ2v) is 4.78. The molecular weight excluding hydrogens is 290 g/mol. The lowest BCUT2D eigenvalue weighted by molar-refractivity contribution is 0.663. The Hall–Kier alpha value is -3.40. The maximum absolute atomic E-state index is 8.94. The van der Waals surface area contributed by atoms with Crippen LogP contribution in [0, 0.1) is 11.3 Å². The van der Waals surface area contributed by atoms with E-state index in [0.717, 1.165) is 16.9 Å². The van der Waals surface area contributed by atoms with Crippen LogP contribution < -0.4 is 0 Å². The van der Waals surface area contributed by atoms with E-state index in [1.165, 1.54) is 6.20 Å². The molecule has 1 aliphatic rings. The highest BCUT2D eigenvalue weighted by Crippen LogP contribution is 2.17. The van der Waals surface area contributed by atoms with Gasteiger partial charge < -0.3 is 0 Å². The molecule has 2 heterocycles. The third kappa shape index (κ3) is 2.82. The van der Waals surface area contributed by atoms with Crippen LogP contribution in [0.15, 0.2) is 59.3 Å². The molecule has 0 fully saturated rings. The van der Waals surface area contributed by atoms with Gasteiger partial charge in [0.25, 0.3) is 0 Å². The number of hydrogen-bond acceptors (Lipinski definition) is 6. The van der Waals surface area contributed by atoms with Gasteiger partial charge in [-0.15, -0.1) is 5.10 Å². The standard InChI is InChI=1S/C16H13N7/c1-3-4-12-7-11(5-6-14(12)18-2)10-23-16-15(21-22-23)19-9-13(8-17)20-16/h3-7,9H,1,10H2,2H3/b12-4-,18-14?. The molecule has 0 aromatic carbocycles. The number of nitriles is 1. The Bertz CT molecular complexity index is 935. The molecular formula is C16H13N7. The zero-order valence-electron chi connectivity index (χ0n) is 12.5. The molecule has 2 aromatic heterocycles. The van der Waals surface area contributed by atoms with Gasteiger partial charge in [0.2, 0.25) is 5.65 Å². The summed E-state index contributed by atoms with van der Waals surface area (Å²) in [4.78, 5) is 12.5. The molecule has 0 radical (unpaired) electrons. The fourth-order valence-electron chi connectivity index (χ4n) is 2.26. The van der Waals surface area contributed by atoms with Gasteiger partial charge >= 0.3 is 0 Å². The number of aromatic nitrogens is 5. The maximum Gasteiger partial charge on any atom is 0.221 e. The van der Waals surface area contributed by atoms with Crippen molar-refractivity contribution in [2.45, 2.75) is 6.54 Å². The smallest absolute Gasteiger partial charge is 0.221 e. The van der Waals surface area contributed by atoms with Crippen LogP contribution in [-0.4, -0.2) is 37.7 Å². The summed E-state index contributed by atoms with van der Waals surface area (Å²) in [5, 5.41) is 17.0. The van der Waals surface area contributed by atoms with E-state index in [1.807, 2.05) is 30.4 Å². The predicted molar refractivity (Wildman–Crippen MR) is 86.7 cm³/mol. The fourth-order valence-corrected chi connectivity index (χ4v) is 2.26. The molecule has 0 amide bonds. The highest BCUT2D eigenvalue weighted by molar-refractivity contribution is 6.12.